The standard InChI is InChI=1S/C12H27N/c1-5-6-7-8-9-12(10-13-4)11(2)3/h11-13H,5-10H2,1-4H3. The topological polar surface area (TPSA) is 12.0 Å². The van der Waals surface area contributed by atoms with E-state index < -0.39 is 0 Å². The van der Waals surface area contributed by atoms with Crippen LogP contribution in [0.4, 0.5) is 0 Å². The van der Waals surface area contributed by atoms with Crippen LogP contribution in [0.15, 0.2) is 0 Å². The summed E-state index contributed by atoms with van der Waals surface area (Å²) in [5.41, 5.74) is 0. The maximum atomic E-state index is 3.29. The minimum absolute atomic E-state index is 0.828. The molecule has 1 unspecified atom stereocenters. The molecule has 13 heavy (non-hydrogen) atoms. The predicted molar refractivity (Wildman–Crippen MR) is 61.0 cm³/mol. The molecule has 1 atom stereocenters. The number of unbranched alkanes of at least 4 members (excludes halogenated alkanes) is 3. The van der Waals surface area contributed by atoms with Gasteiger partial charge in [-0.1, -0.05) is 46.5 Å². The summed E-state index contributed by atoms with van der Waals surface area (Å²) in [6.07, 6.45) is 6.99. The second-order valence-corrected chi connectivity index (χ2v) is 4.41. The van der Waals surface area contributed by atoms with E-state index in [0.717, 1.165) is 11.8 Å². The van der Waals surface area contributed by atoms with E-state index in [2.05, 4.69) is 33.1 Å². The lowest BCUT2D eigenvalue weighted by Crippen LogP contribution is -2.23. The summed E-state index contributed by atoms with van der Waals surface area (Å²) in [7, 11) is 2.06. The van der Waals surface area contributed by atoms with E-state index in [1.165, 1.54) is 38.6 Å². The molecule has 1 nitrogen and oxygen atoms in total. The van der Waals surface area contributed by atoms with E-state index in [0.29, 0.717) is 0 Å². The van der Waals surface area contributed by atoms with Crippen LogP contribution in [-0.4, -0.2) is 13.6 Å². The highest BCUT2D eigenvalue weighted by Gasteiger charge is 2.11. The summed E-state index contributed by atoms with van der Waals surface area (Å²) in [6, 6.07) is 0. The van der Waals surface area contributed by atoms with Crippen LogP contribution in [0.2, 0.25) is 0 Å². The molecule has 1 heteroatoms. The average molecular weight is 185 g/mol. The Hall–Kier alpha value is -0.0400. The molecule has 1 N–H and O–H groups in total. The molecule has 80 valence electrons. The Morgan fingerprint density at radius 3 is 2.23 bits per heavy atom. The van der Waals surface area contributed by atoms with E-state index in [1.807, 2.05) is 0 Å². The molecular formula is C12H27N. The summed E-state index contributed by atoms with van der Waals surface area (Å²) in [6.45, 7) is 8.13. The van der Waals surface area contributed by atoms with E-state index in [4.69, 9.17) is 0 Å². The smallest absolute Gasteiger partial charge is 0.00211 e. The Bertz CT molecular complexity index is 99.3. The molecule has 0 radical (unpaired) electrons. The molecule has 0 aliphatic carbocycles. The highest BCUT2D eigenvalue weighted by atomic mass is 14.8. The molecule has 0 aromatic rings. The monoisotopic (exact) mass is 185 g/mol. The molecule has 0 bridgehead atoms. The zero-order chi connectivity index (χ0) is 10.1. The van der Waals surface area contributed by atoms with Crippen LogP contribution >= 0.6 is 0 Å². The SMILES string of the molecule is CCCCCCC(CNC)C(C)C. The lowest BCUT2D eigenvalue weighted by atomic mass is 9.90. The van der Waals surface area contributed by atoms with Crippen molar-refractivity contribution in [2.45, 2.75) is 52.9 Å². The summed E-state index contributed by atoms with van der Waals surface area (Å²) in [4.78, 5) is 0. The van der Waals surface area contributed by atoms with Gasteiger partial charge in [-0.3, -0.25) is 0 Å². The minimum atomic E-state index is 0.828. The Morgan fingerprint density at radius 1 is 1.08 bits per heavy atom. The first-order valence-corrected chi connectivity index (χ1v) is 5.87. The van der Waals surface area contributed by atoms with Crippen molar-refractivity contribution in [3.63, 3.8) is 0 Å². The number of hydrogen-bond donors (Lipinski definition) is 1. The molecule has 0 spiro atoms. The molecule has 0 aromatic heterocycles. The van der Waals surface area contributed by atoms with Gasteiger partial charge in [-0.05, 0) is 31.8 Å². The van der Waals surface area contributed by atoms with Crippen LogP contribution in [0.3, 0.4) is 0 Å². The molecular weight excluding hydrogens is 158 g/mol. The van der Waals surface area contributed by atoms with Crippen molar-refractivity contribution in [2.24, 2.45) is 11.8 Å². The molecule has 0 aromatic carbocycles. The van der Waals surface area contributed by atoms with Gasteiger partial charge >= 0.3 is 0 Å². The number of rotatable bonds is 8. The predicted octanol–water partition coefficient (Wildman–Crippen LogP) is 3.45. The lowest BCUT2D eigenvalue weighted by molar-refractivity contribution is 0.337. The molecule has 0 rings (SSSR count). The van der Waals surface area contributed by atoms with Crippen molar-refractivity contribution in [1.29, 1.82) is 0 Å². The third-order valence-electron chi connectivity index (χ3n) is 2.84. The van der Waals surface area contributed by atoms with Gasteiger partial charge in [0.2, 0.25) is 0 Å². The zero-order valence-electron chi connectivity index (χ0n) is 9.90. The lowest BCUT2D eigenvalue weighted by Gasteiger charge is -2.20. The second-order valence-electron chi connectivity index (χ2n) is 4.41. The summed E-state index contributed by atoms with van der Waals surface area (Å²) in [5, 5.41) is 3.29. The quantitative estimate of drug-likeness (QED) is 0.571. The fourth-order valence-electron chi connectivity index (χ4n) is 1.77. The fraction of sp³-hybridized carbons (Fsp3) is 1.00. The molecule has 0 aliphatic heterocycles. The van der Waals surface area contributed by atoms with Gasteiger partial charge in [0.05, 0.1) is 0 Å². The van der Waals surface area contributed by atoms with Gasteiger partial charge in [0.1, 0.15) is 0 Å². The largest absolute Gasteiger partial charge is 0.319 e. The average Bonchev–Trinajstić information content (AvgIpc) is 2.10. The zero-order valence-corrected chi connectivity index (χ0v) is 9.90. The maximum absolute atomic E-state index is 3.29. The molecule has 0 fully saturated rings. The summed E-state index contributed by atoms with van der Waals surface area (Å²) >= 11 is 0. The van der Waals surface area contributed by atoms with Gasteiger partial charge in [-0.25, -0.2) is 0 Å². The van der Waals surface area contributed by atoms with Crippen molar-refractivity contribution in [1.82, 2.24) is 5.32 Å². The number of nitrogens with one attached hydrogen (secondary N) is 1. The van der Waals surface area contributed by atoms with Crippen molar-refractivity contribution < 1.29 is 0 Å². The van der Waals surface area contributed by atoms with Gasteiger partial charge < -0.3 is 5.32 Å². The third kappa shape index (κ3) is 7.06. The Morgan fingerprint density at radius 2 is 1.77 bits per heavy atom. The van der Waals surface area contributed by atoms with Gasteiger partial charge in [0.15, 0.2) is 0 Å². The van der Waals surface area contributed by atoms with Gasteiger partial charge in [0, 0.05) is 0 Å². The Kier molecular flexibility index (Phi) is 8.53. The fourth-order valence-corrected chi connectivity index (χ4v) is 1.77. The van der Waals surface area contributed by atoms with Crippen molar-refractivity contribution in [3.05, 3.63) is 0 Å². The number of hydrogen-bond acceptors (Lipinski definition) is 1. The van der Waals surface area contributed by atoms with Gasteiger partial charge in [0.25, 0.3) is 0 Å². The van der Waals surface area contributed by atoms with Gasteiger partial charge in [-0.2, -0.15) is 0 Å². The van der Waals surface area contributed by atoms with Crippen LogP contribution in [0, 0.1) is 11.8 Å². The van der Waals surface area contributed by atoms with E-state index in [1.54, 1.807) is 0 Å². The van der Waals surface area contributed by atoms with Crippen LogP contribution in [0.25, 0.3) is 0 Å². The molecule has 0 saturated carbocycles. The van der Waals surface area contributed by atoms with Crippen molar-refractivity contribution >= 4 is 0 Å². The van der Waals surface area contributed by atoms with Gasteiger partial charge in [-0.15, -0.1) is 0 Å². The molecule has 0 saturated heterocycles. The molecule has 0 heterocycles. The summed E-state index contributed by atoms with van der Waals surface area (Å²) in [5.74, 6) is 1.70. The van der Waals surface area contributed by atoms with Crippen LogP contribution in [-0.2, 0) is 0 Å². The molecule has 0 amide bonds. The van der Waals surface area contributed by atoms with E-state index >= 15 is 0 Å². The second kappa shape index (κ2) is 8.55. The normalized spacial score (nSPS) is 13.6. The van der Waals surface area contributed by atoms with E-state index in [-0.39, 0.29) is 0 Å². The first-order chi connectivity index (χ1) is 6.22. The summed E-state index contributed by atoms with van der Waals surface area (Å²) < 4.78 is 0. The first kappa shape index (κ1) is 13.0. The maximum Gasteiger partial charge on any atom is -0.00211 e. The Balaban J connectivity index is 3.45. The van der Waals surface area contributed by atoms with Crippen LogP contribution in [0.5, 0.6) is 0 Å². The third-order valence-corrected chi connectivity index (χ3v) is 2.84. The van der Waals surface area contributed by atoms with Crippen LogP contribution < -0.4 is 5.32 Å². The molecule has 0 aliphatic rings. The minimum Gasteiger partial charge on any atom is -0.319 e. The van der Waals surface area contributed by atoms with Crippen molar-refractivity contribution in [2.75, 3.05) is 13.6 Å². The highest BCUT2D eigenvalue weighted by molar-refractivity contribution is 4.65. The van der Waals surface area contributed by atoms with Crippen LogP contribution in [0.1, 0.15) is 52.9 Å². The first-order valence-electron chi connectivity index (χ1n) is 5.87. The van der Waals surface area contributed by atoms with E-state index in [9.17, 15) is 0 Å². The highest BCUT2D eigenvalue weighted by Crippen LogP contribution is 2.18. The van der Waals surface area contributed by atoms with Crippen molar-refractivity contribution in [3.8, 4) is 0 Å². The Labute approximate surface area is 84.3 Å².